The zero-order valence-electron chi connectivity index (χ0n) is 17.1. The quantitative estimate of drug-likeness (QED) is 0.671. The Morgan fingerprint density at radius 2 is 1.81 bits per heavy atom. The lowest BCUT2D eigenvalue weighted by Gasteiger charge is -2.26. The fraction of sp³-hybridized carbons (Fsp3) is 0.429. The van der Waals surface area contributed by atoms with Crippen LogP contribution >= 0.6 is 0 Å². The SMILES string of the molecule is O=C(c1ccc(OCC(F)(F)F)nc1)N1CCc2cc(S(=O)(=O)N3CCCCC3)ccc21. The molecule has 4 rings (SSSR count). The van der Waals surface area contributed by atoms with Crippen molar-refractivity contribution in [2.24, 2.45) is 0 Å². The standard InChI is InChI=1S/C21H22F3N3O4S/c22-21(23,24)14-31-19-7-4-16(13-25-19)20(28)27-11-8-15-12-17(5-6-18(15)27)32(29,30)26-9-2-1-3-10-26/h4-7,12-13H,1-3,8-11,14H2. The number of nitrogens with zero attached hydrogens (tertiary/aromatic N) is 3. The zero-order chi connectivity index (χ0) is 22.9. The Hall–Kier alpha value is -2.66. The van der Waals surface area contributed by atoms with Gasteiger partial charge in [0, 0.05) is 37.6 Å². The van der Waals surface area contributed by atoms with Crippen LogP contribution in [0.25, 0.3) is 0 Å². The highest BCUT2D eigenvalue weighted by molar-refractivity contribution is 7.89. The average Bonchev–Trinajstić information content (AvgIpc) is 3.21. The molecule has 2 aromatic rings. The van der Waals surface area contributed by atoms with Crippen molar-refractivity contribution in [3.05, 3.63) is 47.7 Å². The molecule has 1 aromatic heterocycles. The van der Waals surface area contributed by atoms with Crippen molar-refractivity contribution in [3.63, 3.8) is 0 Å². The molecule has 0 atom stereocenters. The van der Waals surface area contributed by atoms with Crippen LogP contribution in [0.1, 0.15) is 35.2 Å². The number of hydrogen-bond donors (Lipinski definition) is 0. The second-order valence-electron chi connectivity index (χ2n) is 7.75. The smallest absolute Gasteiger partial charge is 0.422 e. The maximum absolute atomic E-state index is 12.9. The molecule has 0 radical (unpaired) electrons. The third-order valence-corrected chi connectivity index (χ3v) is 7.41. The molecule has 2 aliphatic rings. The van der Waals surface area contributed by atoms with E-state index < -0.39 is 22.8 Å². The summed E-state index contributed by atoms with van der Waals surface area (Å²) in [5.74, 6) is -0.599. The van der Waals surface area contributed by atoms with E-state index in [2.05, 4.69) is 9.72 Å². The molecule has 0 bridgehead atoms. The first kappa shape index (κ1) is 22.5. The summed E-state index contributed by atoms with van der Waals surface area (Å²) in [6.45, 7) is -0.0669. The molecule has 0 spiro atoms. The second-order valence-corrected chi connectivity index (χ2v) is 9.69. The predicted molar refractivity (Wildman–Crippen MR) is 110 cm³/mol. The van der Waals surface area contributed by atoms with Crippen LogP contribution in [-0.4, -0.2) is 56.0 Å². The van der Waals surface area contributed by atoms with Gasteiger partial charge >= 0.3 is 6.18 Å². The summed E-state index contributed by atoms with van der Waals surface area (Å²) in [4.78, 5) is 18.4. The maximum atomic E-state index is 12.9. The number of benzene rings is 1. The van der Waals surface area contributed by atoms with Crippen molar-refractivity contribution in [2.45, 2.75) is 36.8 Å². The van der Waals surface area contributed by atoms with Gasteiger partial charge in [-0.1, -0.05) is 6.42 Å². The molecule has 1 aromatic carbocycles. The van der Waals surface area contributed by atoms with Gasteiger partial charge in [0.1, 0.15) is 0 Å². The van der Waals surface area contributed by atoms with Gasteiger partial charge in [0.25, 0.3) is 5.91 Å². The van der Waals surface area contributed by atoms with E-state index in [1.54, 1.807) is 12.1 Å². The van der Waals surface area contributed by atoms with Gasteiger partial charge in [-0.25, -0.2) is 13.4 Å². The topological polar surface area (TPSA) is 79.8 Å². The molecule has 1 amide bonds. The van der Waals surface area contributed by atoms with E-state index in [0.717, 1.165) is 24.8 Å². The maximum Gasteiger partial charge on any atom is 0.422 e. The number of aromatic nitrogens is 1. The lowest BCUT2D eigenvalue weighted by molar-refractivity contribution is -0.154. The van der Waals surface area contributed by atoms with Crippen LogP contribution in [0.5, 0.6) is 5.88 Å². The van der Waals surface area contributed by atoms with Gasteiger partial charge in [0.2, 0.25) is 15.9 Å². The lowest BCUT2D eigenvalue weighted by atomic mass is 10.1. The monoisotopic (exact) mass is 469 g/mol. The Balaban J connectivity index is 1.49. The van der Waals surface area contributed by atoms with Crippen molar-refractivity contribution in [2.75, 3.05) is 31.1 Å². The molecule has 172 valence electrons. The number of hydrogen-bond acceptors (Lipinski definition) is 5. The second kappa shape index (κ2) is 8.70. The highest BCUT2D eigenvalue weighted by atomic mass is 32.2. The van der Waals surface area contributed by atoms with Crippen LogP contribution in [0.15, 0.2) is 41.4 Å². The molecule has 1 fully saturated rings. The first-order valence-corrected chi connectivity index (χ1v) is 11.7. The predicted octanol–water partition coefficient (Wildman–Crippen LogP) is 3.40. The number of carbonyl (C=O) groups excluding carboxylic acids is 1. The Labute approximate surface area is 183 Å². The van der Waals surface area contributed by atoms with E-state index in [-0.39, 0.29) is 22.2 Å². The normalized spacial score (nSPS) is 17.3. The molecule has 0 unspecified atom stereocenters. The van der Waals surface area contributed by atoms with Crippen molar-refractivity contribution >= 4 is 21.6 Å². The summed E-state index contributed by atoms with van der Waals surface area (Å²) in [7, 11) is -3.57. The molecule has 32 heavy (non-hydrogen) atoms. The lowest BCUT2D eigenvalue weighted by Crippen LogP contribution is -2.35. The first-order valence-electron chi connectivity index (χ1n) is 10.3. The van der Waals surface area contributed by atoms with Crippen LogP contribution in [-0.2, 0) is 16.4 Å². The van der Waals surface area contributed by atoms with E-state index in [1.807, 2.05) is 0 Å². The molecule has 0 aliphatic carbocycles. The summed E-state index contributed by atoms with van der Waals surface area (Å²) >= 11 is 0. The van der Waals surface area contributed by atoms with Crippen molar-refractivity contribution in [1.82, 2.24) is 9.29 Å². The highest BCUT2D eigenvalue weighted by Crippen LogP contribution is 2.33. The van der Waals surface area contributed by atoms with Gasteiger partial charge in [0.15, 0.2) is 6.61 Å². The van der Waals surface area contributed by atoms with Gasteiger partial charge in [-0.15, -0.1) is 0 Å². The minimum absolute atomic E-state index is 0.197. The van der Waals surface area contributed by atoms with Crippen LogP contribution < -0.4 is 9.64 Å². The summed E-state index contributed by atoms with van der Waals surface area (Å²) in [6, 6.07) is 7.34. The number of anilines is 1. The number of halogens is 3. The largest absolute Gasteiger partial charge is 0.468 e. The van der Waals surface area contributed by atoms with Gasteiger partial charge < -0.3 is 9.64 Å². The molecule has 3 heterocycles. The number of rotatable bonds is 5. The Morgan fingerprint density at radius 1 is 1.06 bits per heavy atom. The molecule has 1 saturated heterocycles. The summed E-state index contributed by atoms with van der Waals surface area (Å²) in [5, 5.41) is 0. The minimum atomic E-state index is -4.48. The molecule has 2 aliphatic heterocycles. The summed E-state index contributed by atoms with van der Waals surface area (Å²) in [5.41, 5.74) is 1.57. The van der Waals surface area contributed by atoms with Crippen molar-refractivity contribution < 1.29 is 31.1 Å². The fourth-order valence-electron chi connectivity index (χ4n) is 3.91. The number of fused-ring (bicyclic) bond motifs is 1. The molecule has 0 N–H and O–H groups in total. The summed E-state index contributed by atoms with van der Waals surface area (Å²) in [6.07, 6.45) is -0.0831. The third kappa shape index (κ3) is 4.73. The number of sulfonamides is 1. The Kier molecular flexibility index (Phi) is 6.13. The number of ether oxygens (including phenoxy) is 1. The molecule has 0 saturated carbocycles. The zero-order valence-corrected chi connectivity index (χ0v) is 18.0. The minimum Gasteiger partial charge on any atom is -0.468 e. The molecular formula is C21H22F3N3O4S. The molecule has 7 nitrogen and oxygen atoms in total. The molecule has 11 heteroatoms. The van der Waals surface area contributed by atoms with E-state index in [9.17, 15) is 26.4 Å². The Morgan fingerprint density at radius 3 is 2.47 bits per heavy atom. The third-order valence-electron chi connectivity index (χ3n) is 5.51. The van der Waals surface area contributed by atoms with Gasteiger partial charge in [-0.05, 0) is 49.1 Å². The fourth-order valence-corrected chi connectivity index (χ4v) is 5.48. The van der Waals surface area contributed by atoms with Gasteiger partial charge in [0.05, 0.1) is 10.5 Å². The van der Waals surface area contributed by atoms with E-state index >= 15 is 0 Å². The average molecular weight is 469 g/mol. The van der Waals surface area contributed by atoms with E-state index in [1.165, 1.54) is 33.6 Å². The number of alkyl halides is 3. The van der Waals surface area contributed by atoms with Crippen molar-refractivity contribution in [1.29, 1.82) is 0 Å². The first-order chi connectivity index (χ1) is 15.1. The number of pyridine rings is 1. The van der Waals surface area contributed by atoms with Gasteiger partial charge in [-0.2, -0.15) is 17.5 Å². The van der Waals surface area contributed by atoms with Crippen LogP contribution in [0.4, 0.5) is 18.9 Å². The number of piperidine rings is 1. The number of amides is 1. The highest BCUT2D eigenvalue weighted by Gasteiger charge is 2.31. The summed E-state index contributed by atoms with van der Waals surface area (Å²) < 4.78 is 68.7. The molecular weight excluding hydrogens is 447 g/mol. The van der Waals surface area contributed by atoms with E-state index in [4.69, 9.17) is 0 Å². The Bertz CT molecular complexity index is 1100. The van der Waals surface area contributed by atoms with Crippen LogP contribution in [0.2, 0.25) is 0 Å². The van der Waals surface area contributed by atoms with Crippen LogP contribution in [0.3, 0.4) is 0 Å². The number of carbonyl (C=O) groups is 1. The van der Waals surface area contributed by atoms with Crippen LogP contribution in [0, 0.1) is 0 Å². The van der Waals surface area contributed by atoms with E-state index in [0.29, 0.717) is 31.7 Å². The van der Waals surface area contributed by atoms with Gasteiger partial charge in [-0.3, -0.25) is 4.79 Å². The van der Waals surface area contributed by atoms with Crippen molar-refractivity contribution in [3.8, 4) is 5.88 Å².